The number of rotatable bonds is 8. The molecule has 0 saturated heterocycles. The topological polar surface area (TPSA) is 52.6 Å². The molecule has 0 rings (SSSR count). The lowest BCUT2D eigenvalue weighted by atomic mass is 9.97. The first-order valence-electron chi connectivity index (χ1n) is 5.87. The fourth-order valence-electron chi connectivity index (χ4n) is 1.38. The Kier molecular flexibility index (Phi) is 9.13. The van der Waals surface area contributed by atoms with Gasteiger partial charge in [-0.1, -0.05) is 36.2 Å². The molecule has 0 spiro atoms. The zero-order chi connectivity index (χ0) is 13.3. The van der Waals surface area contributed by atoms with Gasteiger partial charge in [0, 0.05) is 5.33 Å². The van der Waals surface area contributed by atoms with Crippen LogP contribution in [0.15, 0.2) is 0 Å². The van der Waals surface area contributed by atoms with Crippen molar-refractivity contribution >= 4 is 27.9 Å². The van der Waals surface area contributed by atoms with Gasteiger partial charge >= 0.3 is 11.9 Å². The fourth-order valence-corrected chi connectivity index (χ4v) is 1.91. The van der Waals surface area contributed by atoms with E-state index < -0.39 is 0 Å². The maximum absolute atomic E-state index is 11.7. The van der Waals surface area contributed by atoms with Gasteiger partial charge in [-0.15, -0.1) is 0 Å². The minimum atomic E-state index is -0.294. The van der Waals surface area contributed by atoms with E-state index in [1.165, 1.54) is 7.11 Å². The van der Waals surface area contributed by atoms with Crippen molar-refractivity contribution in [3.05, 3.63) is 0 Å². The number of halogens is 1. The Morgan fingerprint density at radius 3 is 2.41 bits per heavy atom. The zero-order valence-electron chi connectivity index (χ0n) is 10.7. The van der Waals surface area contributed by atoms with E-state index >= 15 is 0 Å². The summed E-state index contributed by atoms with van der Waals surface area (Å²) in [5.74, 6) is -1.12. The number of unbranched alkanes of at least 4 members (excludes halogenated alkanes) is 1. The Bertz CT molecular complexity index is 243. The average molecular weight is 309 g/mol. The molecule has 0 N–H and O–H groups in total. The van der Waals surface area contributed by atoms with Gasteiger partial charge < -0.3 is 9.47 Å². The van der Waals surface area contributed by atoms with Crippen LogP contribution >= 0.6 is 15.9 Å². The molecule has 0 amide bonds. The maximum Gasteiger partial charge on any atom is 0.309 e. The van der Waals surface area contributed by atoms with Crippen LogP contribution in [0.25, 0.3) is 0 Å². The second kappa shape index (κ2) is 9.45. The van der Waals surface area contributed by atoms with Crippen LogP contribution in [0.5, 0.6) is 0 Å². The smallest absolute Gasteiger partial charge is 0.309 e. The molecule has 0 radical (unpaired) electrons. The Hall–Kier alpha value is -0.580. The van der Waals surface area contributed by atoms with Crippen LogP contribution in [0.2, 0.25) is 0 Å². The summed E-state index contributed by atoms with van der Waals surface area (Å²) in [5, 5.41) is 0.499. The summed E-state index contributed by atoms with van der Waals surface area (Å²) in [5.41, 5.74) is 0. The third-order valence-electron chi connectivity index (χ3n) is 2.50. The predicted molar refractivity (Wildman–Crippen MR) is 68.9 cm³/mol. The molecule has 5 heteroatoms. The highest BCUT2D eigenvalue weighted by atomic mass is 79.9. The van der Waals surface area contributed by atoms with E-state index in [4.69, 9.17) is 4.74 Å². The van der Waals surface area contributed by atoms with E-state index in [2.05, 4.69) is 20.7 Å². The molecule has 0 aliphatic rings. The Morgan fingerprint density at radius 1 is 1.29 bits per heavy atom. The van der Waals surface area contributed by atoms with Crippen LogP contribution in [0.1, 0.15) is 33.1 Å². The van der Waals surface area contributed by atoms with E-state index in [-0.39, 0.29) is 23.8 Å². The van der Waals surface area contributed by atoms with Gasteiger partial charge in [-0.3, -0.25) is 9.59 Å². The molecule has 0 aromatic carbocycles. The molecular formula is C12H21BrO4. The van der Waals surface area contributed by atoms with Gasteiger partial charge in [-0.05, 0) is 12.8 Å². The van der Waals surface area contributed by atoms with Crippen LogP contribution in [-0.2, 0) is 19.1 Å². The Labute approximate surface area is 111 Å². The summed E-state index contributed by atoms with van der Waals surface area (Å²) >= 11 is 3.27. The fraction of sp³-hybridized carbons (Fsp3) is 0.833. The molecule has 100 valence electrons. The minimum absolute atomic E-state index is 0.244. The van der Waals surface area contributed by atoms with E-state index in [1.54, 1.807) is 6.92 Å². The molecule has 2 unspecified atom stereocenters. The van der Waals surface area contributed by atoms with Crippen molar-refractivity contribution < 1.29 is 19.1 Å². The van der Waals surface area contributed by atoms with Crippen molar-refractivity contribution in [1.82, 2.24) is 0 Å². The molecule has 0 saturated carbocycles. The first kappa shape index (κ1) is 16.4. The van der Waals surface area contributed by atoms with E-state index in [1.807, 2.05) is 6.92 Å². The first-order valence-corrected chi connectivity index (χ1v) is 6.99. The van der Waals surface area contributed by atoms with Crippen LogP contribution in [0, 0.1) is 11.8 Å². The number of carbonyl (C=O) groups is 2. The summed E-state index contributed by atoms with van der Waals surface area (Å²) in [6.07, 6.45) is 2.31. The summed E-state index contributed by atoms with van der Waals surface area (Å²) in [6.45, 7) is 4.24. The van der Waals surface area contributed by atoms with Crippen molar-refractivity contribution in [2.24, 2.45) is 11.8 Å². The number of alkyl halides is 1. The van der Waals surface area contributed by atoms with Gasteiger partial charge in [-0.25, -0.2) is 0 Å². The molecule has 0 aliphatic heterocycles. The van der Waals surface area contributed by atoms with Crippen LogP contribution < -0.4 is 0 Å². The quantitative estimate of drug-likeness (QED) is 0.393. The van der Waals surface area contributed by atoms with Gasteiger partial charge in [0.1, 0.15) is 0 Å². The molecule has 0 aromatic rings. The molecular weight excluding hydrogens is 288 g/mol. The number of ether oxygens (including phenoxy) is 2. The van der Waals surface area contributed by atoms with Gasteiger partial charge in [0.05, 0.1) is 25.6 Å². The highest BCUT2D eigenvalue weighted by Crippen LogP contribution is 2.17. The third-order valence-corrected chi connectivity index (χ3v) is 3.29. The summed E-state index contributed by atoms with van der Waals surface area (Å²) in [7, 11) is 1.35. The van der Waals surface area contributed by atoms with Gasteiger partial charge in [0.15, 0.2) is 0 Å². The highest BCUT2D eigenvalue weighted by molar-refractivity contribution is 9.09. The lowest BCUT2D eigenvalue weighted by Gasteiger charge is -2.16. The normalized spacial score (nSPS) is 13.9. The maximum atomic E-state index is 11.7. The molecule has 4 nitrogen and oxygen atoms in total. The Morgan fingerprint density at radius 2 is 1.94 bits per heavy atom. The highest BCUT2D eigenvalue weighted by Gasteiger charge is 2.25. The average Bonchev–Trinajstić information content (AvgIpc) is 2.34. The van der Waals surface area contributed by atoms with Crippen molar-refractivity contribution in [3.63, 3.8) is 0 Å². The van der Waals surface area contributed by atoms with Crippen LogP contribution in [0.4, 0.5) is 0 Å². The lowest BCUT2D eigenvalue weighted by molar-refractivity contribution is -0.150. The van der Waals surface area contributed by atoms with Gasteiger partial charge in [0.25, 0.3) is 0 Å². The van der Waals surface area contributed by atoms with E-state index in [9.17, 15) is 9.59 Å². The van der Waals surface area contributed by atoms with Crippen LogP contribution in [-0.4, -0.2) is 31.0 Å². The molecule has 0 aromatic heterocycles. The standard InChI is InChI=1S/C12H21BrO4/c1-4-5-6-17-12(15)10(8-13)7-9(2)11(14)16-3/h9-10H,4-8H2,1-3H3. The largest absolute Gasteiger partial charge is 0.469 e. The third kappa shape index (κ3) is 6.66. The lowest BCUT2D eigenvalue weighted by Crippen LogP contribution is -2.25. The van der Waals surface area contributed by atoms with Gasteiger partial charge in [0.2, 0.25) is 0 Å². The number of hydrogen-bond acceptors (Lipinski definition) is 4. The molecule has 0 bridgehead atoms. The van der Waals surface area contributed by atoms with E-state index in [0.29, 0.717) is 18.4 Å². The van der Waals surface area contributed by atoms with E-state index in [0.717, 1.165) is 12.8 Å². The van der Waals surface area contributed by atoms with Crippen molar-refractivity contribution in [2.75, 3.05) is 19.0 Å². The molecule has 17 heavy (non-hydrogen) atoms. The second-order valence-electron chi connectivity index (χ2n) is 4.03. The SMILES string of the molecule is CCCCOC(=O)C(CBr)CC(C)C(=O)OC. The Balaban J connectivity index is 4.13. The molecule has 0 aliphatic carbocycles. The molecule has 2 atom stereocenters. The van der Waals surface area contributed by atoms with Gasteiger partial charge in [-0.2, -0.15) is 0 Å². The number of methoxy groups -OCH3 is 1. The first-order chi connectivity index (χ1) is 8.06. The number of hydrogen-bond donors (Lipinski definition) is 0. The number of esters is 2. The monoisotopic (exact) mass is 308 g/mol. The zero-order valence-corrected chi connectivity index (χ0v) is 12.3. The minimum Gasteiger partial charge on any atom is -0.469 e. The van der Waals surface area contributed by atoms with Crippen molar-refractivity contribution in [3.8, 4) is 0 Å². The molecule has 0 heterocycles. The number of carbonyl (C=O) groups excluding carboxylic acids is 2. The summed E-state index contributed by atoms with van der Waals surface area (Å²) < 4.78 is 9.76. The molecule has 0 fully saturated rings. The van der Waals surface area contributed by atoms with Crippen LogP contribution in [0.3, 0.4) is 0 Å². The predicted octanol–water partition coefficient (Wildman–Crippen LogP) is 2.54. The summed E-state index contributed by atoms with van der Waals surface area (Å²) in [6, 6.07) is 0. The second-order valence-corrected chi connectivity index (χ2v) is 4.68. The van der Waals surface area contributed by atoms with Crippen molar-refractivity contribution in [2.45, 2.75) is 33.1 Å². The summed E-state index contributed by atoms with van der Waals surface area (Å²) in [4.78, 5) is 22.9. The van der Waals surface area contributed by atoms with Crippen molar-refractivity contribution in [1.29, 1.82) is 0 Å².